The molecule has 0 radical (unpaired) electrons. The Balaban J connectivity index is 1.29. The summed E-state index contributed by atoms with van der Waals surface area (Å²) in [7, 11) is 1.87. The van der Waals surface area contributed by atoms with E-state index in [-0.39, 0.29) is 5.56 Å². The summed E-state index contributed by atoms with van der Waals surface area (Å²) in [6.45, 7) is 0.495. The molecule has 5 nitrogen and oxygen atoms in total. The molecule has 3 aromatic heterocycles. The molecule has 0 spiro atoms. The summed E-state index contributed by atoms with van der Waals surface area (Å²) < 4.78 is 1.74. The summed E-state index contributed by atoms with van der Waals surface area (Å²) in [5.74, 6) is 0.849. The van der Waals surface area contributed by atoms with Crippen molar-refractivity contribution in [3.8, 4) is 22.3 Å². The van der Waals surface area contributed by atoms with Gasteiger partial charge in [-0.3, -0.25) is 9.78 Å². The Morgan fingerprint density at radius 1 is 0.778 bits per heavy atom. The van der Waals surface area contributed by atoms with Crippen LogP contribution in [0.15, 0.2) is 114 Å². The van der Waals surface area contributed by atoms with E-state index in [1.807, 2.05) is 61.9 Å². The van der Waals surface area contributed by atoms with Crippen LogP contribution in [-0.2, 0) is 6.54 Å². The zero-order chi connectivity index (χ0) is 24.5. The van der Waals surface area contributed by atoms with Gasteiger partial charge in [-0.2, -0.15) is 0 Å². The average Bonchev–Trinajstić information content (AvgIpc) is 2.94. The zero-order valence-electron chi connectivity index (χ0n) is 19.8. The van der Waals surface area contributed by atoms with Gasteiger partial charge < -0.3 is 9.88 Å². The first-order valence-corrected chi connectivity index (χ1v) is 11.9. The fourth-order valence-corrected chi connectivity index (χ4v) is 4.61. The van der Waals surface area contributed by atoms with Gasteiger partial charge in [-0.25, -0.2) is 4.98 Å². The summed E-state index contributed by atoms with van der Waals surface area (Å²) in [4.78, 5) is 22.3. The minimum Gasteiger partial charge on any atom is -0.373 e. The number of benzene rings is 3. The fourth-order valence-electron chi connectivity index (χ4n) is 4.61. The number of aromatic nitrogens is 3. The van der Waals surface area contributed by atoms with Crippen LogP contribution in [-0.4, -0.2) is 21.6 Å². The number of nitrogens with zero attached hydrogens (tertiary/aromatic N) is 3. The van der Waals surface area contributed by atoms with Gasteiger partial charge in [0.15, 0.2) is 0 Å². The average molecular weight is 469 g/mol. The highest BCUT2D eigenvalue weighted by Crippen LogP contribution is 2.27. The first-order chi connectivity index (χ1) is 17.7. The standard InChI is InChI=1S/C31H24N4O/c1-32-30-14-13-24-11-12-25(17-29(24)34-30)22-9-7-21(8-10-22)20-35-16-15-26-27(23-5-3-2-4-6-23)18-33-19-28(26)31(35)36/h2-19H,20H2,1H3,(H,32,34). The van der Waals surface area contributed by atoms with Crippen LogP contribution in [0.2, 0.25) is 0 Å². The molecule has 0 fully saturated rings. The highest BCUT2D eigenvalue weighted by atomic mass is 16.1. The fraction of sp³-hybridized carbons (Fsp3) is 0.0645. The van der Waals surface area contributed by atoms with Crippen molar-refractivity contribution in [1.29, 1.82) is 0 Å². The molecule has 6 rings (SSSR count). The Kier molecular flexibility index (Phi) is 5.51. The summed E-state index contributed by atoms with van der Waals surface area (Å²) in [6, 6.07) is 30.8. The Morgan fingerprint density at radius 3 is 2.36 bits per heavy atom. The lowest BCUT2D eigenvalue weighted by Crippen LogP contribution is -2.20. The van der Waals surface area contributed by atoms with Crippen LogP contribution in [0.25, 0.3) is 43.9 Å². The van der Waals surface area contributed by atoms with E-state index in [1.54, 1.807) is 10.8 Å². The van der Waals surface area contributed by atoms with E-state index in [0.717, 1.165) is 49.9 Å². The first kappa shape index (κ1) is 21.7. The lowest BCUT2D eigenvalue weighted by molar-refractivity contribution is 0.768. The Morgan fingerprint density at radius 2 is 1.56 bits per heavy atom. The van der Waals surface area contributed by atoms with E-state index in [2.05, 4.69) is 63.8 Å². The van der Waals surface area contributed by atoms with Crippen LogP contribution < -0.4 is 10.9 Å². The predicted molar refractivity (Wildman–Crippen MR) is 147 cm³/mol. The summed E-state index contributed by atoms with van der Waals surface area (Å²) in [6.07, 6.45) is 5.36. The molecular formula is C31H24N4O. The number of anilines is 1. The molecule has 6 aromatic rings. The second kappa shape index (κ2) is 9.12. The van der Waals surface area contributed by atoms with Gasteiger partial charge in [0.1, 0.15) is 5.82 Å². The maximum atomic E-state index is 13.3. The maximum absolute atomic E-state index is 13.3. The quantitative estimate of drug-likeness (QED) is 0.319. The molecule has 0 aliphatic rings. The highest BCUT2D eigenvalue weighted by Gasteiger charge is 2.10. The minimum absolute atomic E-state index is 0.0391. The van der Waals surface area contributed by atoms with Gasteiger partial charge in [0.05, 0.1) is 17.4 Å². The van der Waals surface area contributed by atoms with Gasteiger partial charge in [-0.1, -0.05) is 66.7 Å². The number of pyridine rings is 3. The molecule has 0 aliphatic carbocycles. The Labute approximate surface area is 208 Å². The molecule has 0 bridgehead atoms. The molecular weight excluding hydrogens is 444 g/mol. The van der Waals surface area contributed by atoms with Crippen molar-refractivity contribution in [2.24, 2.45) is 0 Å². The van der Waals surface area contributed by atoms with E-state index in [9.17, 15) is 4.79 Å². The van der Waals surface area contributed by atoms with E-state index >= 15 is 0 Å². The molecule has 3 heterocycles. The summed E-state index contributed by atoms with van der Waals surface area (Å²) in [5.41, 5.74) is 6.21. The first-order valence-electron chi connectivity index (χ1n) is 11.9. The molecule has 0 saturated heterocycles. The molecule has 36 heavy (non-hydrogen) atoms. The molecule has 174 valence electrons. The van der Waals surface area contributed by atoms with Gasteiger partial charge >= 0.3 is 0 Å². The van der Waals surface area contributed by atoms with Gasteiger partial charge in [0.2, 0.25) is 0 Å². The minimum atomic E-state index is -0.0391. The molecule has 0 unspecified atom stereocenters. The van der Waals surface area contributed by atoms with Crippen LogP contribution >= 0.6 is 0 Å². The molecule has 0 amide bonds. The van der Waals surface area contributed by atoms with Crippen molar-refractivity contribution < 1.29 is 0 Å². The van der Waals surface area contributed by atoms with E-state index in [1.165, 1.54) is 0 Å². The van der Waals surface area contributed by atoms with Crippen molar-refractivity contribution >= 4 is 27.5 Å². The van der Waals surface area contributed by atoms with Crippen LogP contribution in [0.1, 0.15) is 5.56 Å². The normalized spacial score (nSPS) is 11.1. The molecule has 0 atom stereocenters. The third-order valence-corrected chi connectivity index (χ3v) is 6.57. The second-order valence-electron chi connectivity index (χ2n) is 8.81. The van der Waals surface area contributed by atoms with Crippen LogP contribution in [0, 0.1) is 0 Å². The third kappa shape index (κ3) is 4.01. The van der Waals surface area contributed by atoms with Crippen molar-refractivity contribution in [2.45, 2.75) is 6.54 Å². The van der Waals surface area contributed by atoms with E-state index in [0.29, 0.717) is 11.9 Å². The summed E-state index contributed by atoms with van der Waals surface area (Å²) >= 11 is 0. The van der Waals surface area contributed by atoms with Gasteiger partial charge in [-0.15, -0.1) is 0 Å². The van der Waals surface area contributed by atoms with Crippen molar-refractivity contribution in [3.63, 3.8) is 0 Å². The number of hydrogen-bond donors (Lipinski definition) is 1. The van der Waals surface area contributed by atoms with Crippen molar-refractivity contribution in [1.82, 2.24) is 14.5 Å². The van der Waals surface area contributed by atoms with Crippen molar-refractivity contribution in [2.75, 3.05) is 12.4 Å². The van der Waals surface area contributed by atoms with Crippen LogP contribution in [0.4, 0.5) is 5.82 Å². The molecule has 3 aromatic carbocycles. The monoisotopic (exact) mass is 468 g/mol. The zero-order valence-corrected chi connectivity index (χ0v) is 19.8. The Bertz CT molecular complexity index is 1760. The van der Waals surface area contributed by atoms with Gasteiger partial charge in [-0.05, 0) is 51.9 Å². The lowest BCUT2D eigenvalue weighted by atomic mass is 10.0. The second-order valence-corrected chi connectivity index (χ2v) is 8.81. The van der Waals surface area contributed by atoms with Gasteiger partial charge in [0.25, 0.3) is 5.56 Å². The molecule has 0 saturated carbocycles. The SMILES string of the molecule is CNc1ccc2ccc(-c3ccc(Cn4ccc5c(-c6ccccc6)cncc5c4=O)cc3)cc2n1. The molecule has 0 aliphatic heterocycles. The Hall–Kier alpha value is -4.77. The number of nitrogens with one attached hydrogen (secondary N) is 1. The van der Waals surface area contributed by atoms with Crippen LogP contribution in [0.3, 0.4) is 0 Å². The maximum Gasteiger partial charge on any atom is 0.260 e. The third-order valence-electron chi connectivity index (χ3n) is 6.57. The van der Waals surface area contributed by atoms with Crippen LogP contribution in [0.5, 0.6) is 0 Å². The number of rotatable bonds is 5. The summed E-state index contributed by atoms with van der Waals surface area (Å²) in [5, 5.41) is 5.74. The van der Waals surface area contributed by atoms with E-state index in [4.69, 9.17) is 0 Å². The van der Waals surface area contributed by atoms with E-state index < -0.39 is 0 Å². The largest absolute Gasteiger partial charge is 0.373 e. The number of fused-ring (bicyclic) bond motifs is 2. The molecule has 1 N–H and O–H groups in total. The van der Waals surface area contributed by atoms with Crippen molar-refractivity contribution in [3.05, 3.63) is 126 Å². The highest BCUT2D eigenvalue weighted by molar-refractivity contribution is 5.95. The van der Waals surface area contributed by atoms with Gasteiger partial charge in [0, 0.05) is 36.6 Å². The lowest BCUT2D eigenvalue weighted by Gasteiger charge is -2.11. The number of hydrogen-bond acceptors (Lipinski definition) is 4. The molecule has 5 heteroatoms. The topological polar surface area (TPSA) is 59.8 Å². The smallest absolute Gasteiger partial charge is 0.260 e. The predicted octanol–water partition coefficient (Wildman–Crippen LogP) is 6.37.